The number of aromatic nitrogens is 6. The molecular formula is C44H54F2N10O6. The predicted octanol–water partition coefficient (Wildman–Crippen LogP) is 6.28. The number of aryl methyl sites for hydroxylation is 2. The number of halogens is 2. The summed E-state index contributed by atoms with van der Waals surface area (Å²) in [5, 5.41) is 12.5. The number of imide groups is 1. The first kappa shape index (κ1) is 42.9. The number of pyridine rings is 1. The number of hydrogen-bond acceptors (Lipinski definition) is 11. The maximum absolute atomic E-state index is 14.1. The van der Waals surface area contributed by atoms with E-state index in [4.69, 9.17) is 9.15 Å². The number of nitrogens with one attached hydrogen (secondary N) is 3. The predicted molar refractivity (Wildman–Crippen MR) is 227 cm³/mol. The molecule has 1 aromatic carbocycles. The van der Waals surface area contributed by atoms with Gasteiger partial charge in [-0.1, -0.05) is 12.1 Å². The van der Waals surface area contributed by atoms with Gasteiger partial charge in [0.05, 0.1) is 22.8 Å². The van der Waals surface area contributed by atoms with E-state index in [2.05, 4.69) is 43.0 Å². The number of hydrogen-bond donors (Lipinski definition) is 3. The summed E-state index contributed by atoms with van der Waals surface area (Å²) in [5.74, 6) is 0.623. The fraction of sp³-hybridized carbons (Fsp3) is 0.523. The minimum absolute atomic E-state index is 0.0325. The van der Waals surface area contributed by atoms with Crippen molar-refractivity contribution in [2.45, 2.75) is 89.1 Å². The van der Waals surface area contributed by atoms with Crippen LogP contribution in [0.2, 0.25) is 0 Å². The Morgan fingerprint density at radius 3 is 2.61 bits per heavy atom. The molecular weight excluding hydrogens is 803 g/mol. The number of nitrogens with zero attached hydrogens (tertiary/aromatic N) is 7. The van der Waals surface area contributed by atoms with E-state index in [1.54, 1.807) is 34.6 Å². The van der Waals surface area contributed by atoms with E-state index in [1.165, 1.54) is 29.9 Å². The van der Waals surface area contributed by atoms with Gasteiger partial charge in [0.15, 0.2) is 11.4 Å². The van der Waals surface area contributed by atoms with Crippen molar-refractivity contribution in [2.75, 3.05) is 50.5 Å². The molecule has 18 heteroatoms. The van der Waals surface area contributed by atoms with Gasteiger partial charge in [-0.05, 0) is 107 Å². The minimum Gasteiger partial charge on any atom is -0.444 e. The molecule has 2 saturated carbocycles. The summed E-state index contributed by atoms with van der Waals surface area (Å²) in [5.41, 5.74) is 2.30. The number of piperidine rings is 1. The Hall–Kier alpha value is -5.75. The van der Waals surface area contributed by atoms with Gasteiger partial charge in [0.25, 0.3) is 12.3 Å². The van der Waals surface area contributed by atoms with E-state index >= 15 is 0 Å². The number of ether oxygens (including phenoxy) is 1. The summed E-state index contributed by atoms with van der Waals surface area (Å²) >= 11 is 0. The van der Waals surface area contributed by atoms with Gasteiger partial charge in [-0.25, -0.2) is 23.5 Å². The highest BCUT2D eigenvalue weighted by Crippen LogP contribution is 2.36. The summed E-state index contributed by atoms with van der Waals surface area (Å²) in [6, 6.07) is 8.49. The zero-order chi connectivity index (χ0) is 43.3. The Kier molecular flexibility index (Phi) is 13.2. The molecule has 0 spiro atoms. The van der Waals surface area contributed by atoms with Crippen LogP contribution in [0.1, 0.15) is 104 Å². The third-order valence-electron chi connectivity index (χ3n) is 12.3. The van der Waals surface area contributed by atoms with E-state index in [0.29, 0.717) is 54.8 Å². The van der Waals surface area contributed by atoms with E-state index in [-0.39, 0.29) is 41.3 Å². The number of fused-ring (bicyclic) bond motifs is 1. The highest BCUT2D eigenvalue weighted by Gasteiger charge is 2.32. The number of benzene rings is 1. The van der Waals surface area contributed by atoms with Crippen molar-refractivity contribution in [2.24, 2.45) is 18.9 Å². The van der Waals surface area contributed by atoms with Crippen molar-refractivity contribution in [3.05, 3.63) is 76.4 Å². The van der Waals surface area contributed by atoms with Crippen molar-refractivity contribution >= 4 is 40.3 Å². The second-order valence-corrected chi connectivity index (χ2v) is 16.9. The van der Waals surface area contributed by atoms with Gasteiger partial charge in [-0.3, -0.25) is 33.5 Å². The number of alkyl halides is 2. The largest absolute Gasteiger partial charge is 0.444 e. The molecule has 8 rings (SSSR count). The van der Waals surface area contributed by atoms with Crippen molar-refractivity contribution in [1.82, 2.24) is 39.1 Å². The van der Waals surface area contributed by atoms with Crippen LogP contribution in [0.4, 0.5) is 20.3 Å². The zero-order valence-corrected chi connectivity index (χ0v) is 35.2. The number of anilines is 2. The molecule has 3 amide bonds. The third-order valence-corrected chi connectivity index (χ3v) is 12.3. The number of imidazole rings is 1. The van der Waals surface area contributed by atoms with Crippen molar-refractivity contribution < 1.29 is 32.3 Å². The van der Waals surface area contributed by atoms with Gasteiger partial charge in [-0.15, -0.1) is 0 Å². The average Bonchev–Trinajstić information content (AvgIpc) is 3.66. The Morgan fingerprint density at radius 1 is 1.05 bits per heavy atom. The van der Waals surface area contributed by atoms with Gasteiger partial charge in [0, 0.05) is 64.3 Å². The highest BCUT2D eigenvalue weighted by atomic mass is 19.3. The maximum Gasteiger partial charge on any atom is 0.329 e. The van der Waals surface area contributed by atoms with Crippen LogP contribution >= 0.6 is 0 Å². The Bertz CT molecular complexity index is 2450. The molecule has 0 radical (unpaired) electrons. The molecule has 330 valence electrons. The number of rotatable bonds is 19. The Labute approximate surface area is 357 Å². The molecule has 5 aromatic rings. The van der Waals surface area contributed by atoms with Gasteiger partial charge < -0.3 is 24.7 Å². The average molecular weight is 857 g/mol. The van der Waals surface area contributed by atoms with Crippen LogP contribution in [0.25, 0.3) is 22.5 Å². The summed E-state index contributed by atoms with van der Waals surface area (Å²) in [6.45, 7) is 3.85. The van der Waals surface area contributed by atoms with Gasteiger partial charge in [0.1, 0.15) is 18.1 Å². The molecule has 1 saturated heterocycles. The van der Waals surface area contributed by atoms with Crippen molar-refractivity contribution in [3.8, 4) is 11.5 Å². The first-order valence-electron chi connectivity index (χ1n) is 21.7. The van der Waals surface area contributed by atoms with E-state index in [9.17, 15) is 28.0 Å². The molecule has 4 aromatic heterocycles. The van der Waals surface area contributed by atoms with Crippen LogP contribution in [-0.4, -0.2) is 91.4 Å². The smallest absolute Gasteiger partial charge is 0.329 e. The number of amides is 3. The van der Waals surface area contributed by atoms with Gasteiger partial charge in [-0.2, -0.15) is 5.10 Å². The summed E-state index contributed by atoms with van der Waals surface area (Å²) in [6.07, 6.45) is 10.2. The summed E-state index contributed by atoms with van der Waals surface area (Å²) in [4.78, 5) is 61.6. The quantitative estimate of drug-likeness (QED) is 0.0628. The Balaban J connectivity index is 0.752. The van der Waals surface area contributed by atoms with E-state index < -0.39 is 30.0 Å². The molecule has 1 aliphatic heterocycles. The maximum atomic E-state index is 14.1. The molecule has 1 atom stereocenters. The molecule has 2 aliphatic carbocycles. The molecule has 3 N–H and O–H groups in total. The van der Waals surface area contributed by atoms with Crippen LogP contribution in [-0.2, 0) is 27.8 Å². The SMILES string of the molecule is CN(CCCOCCCc1cccc2c1n(C)c(=O)n2[C@@H]1CCC(=O)NC1=O)CC1CCC(n2cc(NC(=O)c3coc(-c4ccnc(NCC5CC5)c4)n3)c(C(F)F)n2)CC1. The van der Waals surface area contributed by atoms with Crippen LogP contribution in [0.5, 0.6) is 0 Å². The van der Waals surface area contributed by atoms with Crippen LogP contribution in [0.15, 0.2) is 58.2 Å². The van der Waals surface area contributed by atoms with Crippen molar-refractivity contribution in [1.29, 1.82) is 0 Å². The normalized spacial score (nSPS) is 19.4. The molecule has 0 bridgehead atoms. The highest BCUT2D eigenvalue weighted by molar-refractivity contribution is 6.03. The molecule has 5 heterocycles. The first-order chi connectivity index (χ1) is 30.0. The lowest BCUT2D eigenvalue weighted by atomic mass is 9.86. The molecule has 62 heavy (non-hydrogen) atoms. The number of carbonyl (C=O) groups is 3. The topological polar surface area (TPSA) is 183 Å². The number of para-hydroxylation sites is 1. The van der Waals surface area contributed by atoms with Crippen LogP contribution in [0, 0.1) is 11.8 Å². The first-order valence-corrected chi connectivity index (χ1v) is 21.7. The Morgan fingerprint density at radius 2 is 1.84 bits per heavy atom. The molecule has 3 fully saturated rings. The number of carbonyl (C=O) groups excluding carboxylic acids is 3. The standard InChI is InChI=1S/C44H54F2N10O6/c1-53(19-5-21-61-20-4-7-29-6-3-8-34-39(29)54(2)44(60)56(34)35-15-16-37(57)51-42(35)59)24-28-11-13-31(14-12-28)55-25-32(38(52-55)40(45)46)49-41(58)33-26-62-43(50-33)30-17-18-47-36(22-30)48-23-27-9-10-27/h3,6,8,17-18,22,25-28,31,35,40H,4-5,7,9-16,19-21,23-24H2,1-2H3,(H,47,48)(H,49,58)(H,51,57,59)/t28?,31?,35-/m1/s1. The fourth-order valence-electron chi connectivity index (χ4n) is 8.76. The molecule has 16 nitrogen and oxygen atoms in total. The number of oxazole rings is 1. The minimum atomic E-state index is -2.87. The van der Waals surface area contributed by atoms with Gasteiger partial charge in [0.2, 0.25) is 17.7 Å². The fourth-order valence-corrected chi connectivity index (χ4v) is 8.76. The summed E-state index contributed by atoms with van der Waals surface area (Å²) < 4.78 is 44.5. The summed E-state index contributed by atoms with van der Waals surface area (Å²) in [7, 11) is 3.82. The zero-order valence-electron chi connectivity index (χ0n) is 35.2. The second-order valence-electron chi connectivity index (χ2n) is 16.9. The monoisotopic (exact) mass is 856 g/mol. The van der Waals surface area contributed by atoms with E-state index in [1.807, 2.05) is 18.2 Å². The molecule has 0 unspecified atom stereocenters. The lowest BCUT2D eigenvalue weighted by Gasteiger charge is -2.31. The van der Waals surface area contributed by atoms with Crippen molar-refractivity contribution in [3.63, 3.8) is 0 Å². The molecule has 3 aliphatic rings. The third kappa shape index (κ3) is 9.96. The van der Waals surface area contributed by atoms with Gasteiger partial charge >= 0.3 is 5.69 Å². The van der Waals surface area contributed by atoms with E-state index in [0.717, 1.165) is 69.2 Å². The van der Waals surface area contributed by atoms with Crippen LogP contribution in [0.3, 0.4) is 0 Å². The second kappa shape index (κ2) is 19.1. The van der Waals surface area contributed by atoms with Crippen LogP contribution < -0.4 is 21.6 Å². The lowest BCUT2D eigenvalue weighted by molar-refractivity contribution is -0.135. The lowest BCUT2D eigenvalue weighted by Crippen LogP contribution is -2.44.